The Morgan fingerprint density at radius 3 is 2.50 bits per heavy atom. The molecule has 3 aromatic rings. The molecule has 1 atom stereocenters. The van der Waals surface area contributed by atoms with E-state index in [1.807, 2.05) is 25.1 Å². The number of carbonyl (C=O) groups excluding carboxylic acids is 2. The van der Waals surface area contributed by atoms with Gasteiger partial charge < -0.3 is 9.88 Å². The van der Waals surface area contributed by atoms with Gasteiger partial charge in [-0.15, -0.1) is 10.2 Å². The van der Waals surface area contributed by atoms with Crippen LogP contribution in [0.1, 0.15) is 54.9 Å². The van der Waals surface area contributed by atoms with Gasteiger partial charge in [-0.25, -0.2) is 0 Å². The molecular formula is C26H31N5O2S. The van der Waals surface area contributed by atoms with Crippen molar-refractivity contribution in [3.8, 4) is 0 Å². The summed E-state index contributed by atoms with van der Waals surface area (Å²) >= 11 is 1.40. The number of hydrogen-bond acceptors (Lipinski definition) is 6. The van der Waals surface area contributed by atoms with Crippen molar-refractivity contribution in [2.75, 3.05) is 18.4 Å². The third kappa shape index (κ3) is 6.33. The fourth-order valence-electron chi connectivity index (χ4n) is 4.04. The van der Waals surface area contributed by atoms with Crippen molar-refractivity contribution < 1.29 is 9.59 Å². The van der Waals surface area contributed by atoms with Crippen LogP contribution in [0.25, 0.3) is 0 Å². The zero-order valence-electron chi connectivity index (χ0n) is 19.7. The lowest BCUT2D eigenvalue weighted by Crippen LogP contribution is -2.30. The van der Waals surface area contributed by atoms with E-state index in [0.717, 1.165) is 30.6 Å². The SMILES string of the molecule is CC(=O)c1cccc(NC(=O)C(C)Sc2nnc(CN3CCCCC3)n2Cc2ccccc2)c1. The molecule has 1 aliphatic rings. The molecule has 8 heteroatoms. The highest BCUT2D eigenvalue weighted by Gasteiger charge is 2.22. The third-order valence-electron chi connectivity index (χ3n) is 5.98. The average Bonchev–Trinajstić information content (AvgIpc) is 3.21. The summed E-state index contributed by atoms with van der Waals surface area (Å²) in [5.41, 5.74) is 2.35. The van der Waals surface area contributed by atoms with Gasteiger partial charge in [-0.2, -0.15) is 0 Å². The molecule has 0 aliphatic carbocycles. The Morgan fingerprint density at radius 2 is 1.76 bits per heavy atom. The van der Waals surface area contributed by atoms with Crippen LogP contribution in [0, 0.1) is 0 Å². The lowest BCUT2D eigenvalue weighted by atomic mass is 10.1. The highest BCUT2D eigenvalue weighted by atomic mass is 32.2. The summed E-state index contributed by atoms with van der Waals surface area (Å²) < 4.78 is 2.13. The molecular weight excluding hydrogens is 446 g/mol. The van der Waals surface area contributed by atoms with Gasteiger partial charge >= 0.3 is 0 Å². The molecule has 0 bridgehead atoms. The molecule has 0 spiro atoms. The van der Waals surface area contributed by atoms with E-state index in [2.05, 4.69) is 37.1 Å². The van der Waals surface area contributed by atoms with Crippen LogP contribution >= 0.6 is 11.8 Å². The van der Waals surface area contributed by atoms with E-state index in [-0.39, 0.29) is 16.9 Å². The fraction of sp³-hybridized carbons (Fsp3) is 0.385. The molecule has 4 rings (SSSR count). The summed E-state index contributed by atoms with van der Waals surface area (Å²) in [6.45, 7) is 6.96. The van der Waals surface area contributed by atoms with Crippen LogP contribution in [-0.4, -0.2) is 49.7 Å². The van der Waals surface area contributed by atoms with Crippen molar-refractivity contribution in [1.82, 2.24) is 19.7 Å². The number of piperidine rings is 1. The molecule has 34 heavy (non-hydrogen) atoms. The van der Waals surface area contributed by atoms with Crippen molar-refractivity contribution >= 4 is 29.1 Å². The highest BCUT2D eigenvalue weighted by Crippen LogP contribution is 2.26. The maximum absolute atomic E-state index is 12.9. The van der Waals surface area contributed by atoms with E-state index >= 15 is 0 Å². The minimum absolute atomic E-state index is 0.0335. The molecule has 1 saturated heterocycles. The highest BCUT2D eigenvalue weighted by molar-refractivity contribution is 8.00. The van der Waals surface area contributed by atoms with Gasteiger partial charge in [0, 0.05) is 11.3 Å². The van der Waals surface area contributed by atoms with Crippen molar-refractivity contribution in [2.24, 2.45) is 0 Å². The van der Waals surface area contributed by atoms with E-state index in [1.54, 1.807) is 24.3 Å². The number of anilines is 1. The van der Waals surface area contributed by atoms with E-state index in [9.17, 15) is 9.59 Å². The second kappa shape index (κ2) is 11.4. The number of Topliss-reactive ketones (excluding diaryl/α,β-unsaturated/α-hetero) is 1. The molecule has 1 aromatic heterocycles. The summed E-state index contributed by atoms with van der Waals surface area (Å²) in [7, 11) is 0. The second-order valence-electron chi connectivity index (χ2n) is 8.69. The maximum Gasteiger partial charge on any atom is 0.237 e. The summed E-state index contributed by atoms with van der Waals surface area (Å²) in [5.74, 6) is 0.751. The van der Waals surface area contributed by atoms with Crippen molar-refractivity contribution in [3.63, 3.8) is 0 Å². The Hall–Kier alpha value is -2.97. The Labute approximate surface area is 205 Å². The third-order valence-corrected chi connectivity index (χ3v) is 7.06. The molecule has 7 nitrogen and oxygen atoms in total. The normalized spacial score (nSPS) is 15.1. The van der Waals surface area contributed by atoms with Crippen molar-refractivity contribution in [1.29, 1.82) is 0 Å². The number of nitrogens with one attached hydrogen (secondary N) is 1. The number of thioether (sulfide) groups is 1. The Kier molecular flexibility index (Phi) is 8.13. The van der Waals surface area contributed by atoms with Crippen LogP contribution < -0.4 is 5.32 Å². The topological polar surface area (TPSA) is 80.1 Å². The molecule has 0 radical (unpaired) electrons. The number of ketones is 1. The lowest BCUT2D eigenvalue weighted by Gasteiger charge is -2.26. The number of carbonyl (C=O) groups is 2. The molecule has 1 fully saturated rings. The fourth-order valence-corrected chi connectivity index (χ4v) is 4.90. The second-order valence-corrected chi connectivity index (χ2v) is 10.0. The smallest absolute Gasteiger partial charge is 0.237 e. The summed E-state index contributed by atoms with van der Waals surface area (Å²) in [6.07, 6.45) is 3.73. The van der Waals surface area contributed by atoms with Crippen LogP contribution in [0.15, 0.2) is 59.8 Å². The standard InChI is InChI=1S/C26H31N5O2S/c1-19(32)22-12-9-13-23(16-22)27-25(33)20(2)34-26-29-28-24(18-30-14-7-4-8-15-30)31(26)17-21-10-5-3-6-11-21/h3,5-6,9-13,16,20H,4,7-8,14-15,17-18H2,1-2H3,(H,27,33). The van der Waals surface area contributed by atoms with Crippen LogP contribution in [0.5, 0.6) is 0 Å². The van der Waals surface area contributed by atoms with E-state index < -0.39 is 0 Å². The van der Waals surface area contributed by atoms with Crippen LogP contribution in [0.4, 0.5) is 5.69 Å². The van der Waals surface area contributed by atoms with Crippen molar-refractivity contribution in [3.05, 3.63) is 71.5 Å². The number of amides is 1. The van der Waals surface area contributed by atoms with Gasteiger partial charge in [-0.1, -0.05) is 60.6 Å². The molecule has 0 saturated carbocycles. The predicted octanol–water partition coefficient (Wildman–Crippen LogP) is 4.63. The Bertz CT molecular complexity index is 1130. The summed E-state index contributed by atoms with van der Waals surface area (Å²) in [6, 6.07) is 17.3. The number of likely N-dealkylation sites (tertiary alicyclic amines) is 1. The van der Waals surface area contributed by atoms with Gasteiger partial charge in [0.05, 0.1) is 18.3 Å². The monoisotopic (exact) mass is 477 g/mol. The number of nitrogens with zero attached hydrogens (tertiary/aromatic N) is 4. The van der Waals surface area contributed by atoms with Gasteiger partial charge in [0.1, 0.15) is 5.82 Å². The number of aromatic nitrogens is 3. The first-order valence-corrected chi connectivity index (χ1v) is 12.6. The van der Waals surface area contributed by atoms with E-state index in [4.69, 9.17) is 0 Å². The van der Waals surface area contributed by atoms with Crippen LogP contribution in [0.2, 0.25) is 0 Å². The van der Waals surface area contributed by atoms with Crippen LogP contribution in [-0.2, 0) is 17.9 Å². The first-order chi connectivity index (χ1) is 16.5. The van der Waals surface area contributed by atoms with Gasteiger partial charge in [0.15, 0.2) is 10.9 Å². The first kappa shape index (κ1) is 24.2. The lowest BCUT2D eigenvalue weighted by molar-refractivity contribution is -0.115. The number of benzene rings is 2. The van der Waals surface area contributed by atoms with Gasteiger partial charge in [-0.3, -0.25) is 14.5 Å². The quantitative estimate of drug-likeness (QED) is 0.357. The molecule has 1 aliphatic heterocycles. The minimum atomic E-state index is -0.387. The number of rotatable bonds is 9. The van der Waals surface area contributed by atoms with Crippen molar-refractivity contribution in [2.45, 2.75) is 56.6 Å². The minimum Gasteiger partial charge on any atom is -0.325 e. The van der Waals surface area contributed by atoms with E-state index in [0.29, 0.717) is 17.8 Å². The van der Waals surface area contributed by atoms with Crippen LogP contribution in [0.3, 0.4) is 0 Å². The average molecular weight is 478 g/mol. The Morgan fingerprint density at radius 1 is 1.00 bits per heavy atom. The van der Waals surface area contributed by atoms with E-state index in [1.165, 1.54) is 43.5 Å². The Balaban J connectivity index is 1.49. The molecule has 1 amide bonds. The van der Waals surface area contributed by atoms with Gasteiger partial charge in [0.2, 0.25) is 5.91 Å². The zero-order valence-corrected chi connectivity index (χ0v) is 20.6. The predicted molar refractivity (Wildman–Crippen MR) is 135 cm³/mol. The first-order valence-electron chi connectivity index (χ1n) is 11.8. The molecule has 178 valence electrons. The van der Waals surface area contributed by atoms with Gasteiger partial charge in [-0.05, 0) is 57.5 Å². The number of hydrogen-bond donors (Lipinski definition) is 1. The zero-order chi connectivity index (χ0) is 23.9. The molecule has 2 aromatic carbocycles. The largest absolute Gasteiger partial charge is 0.325 e. The maximum atomic E-state index is 12.9. The van der Waals surface area contributed by atoms with Gasteiger partial charge in [0.25, 0.3) is 0 Å². The summed E-state index contributed by atoms with van der Waals surface area (Å²) in [4.78, 5) is 27.0. The molecule has 2 heterocycles. The molecule has 1 unspecified atom stereocenters. The molecule has 1 N–H and O–H groups in total. The summed E-state index contributed by atoms with van der Waals surface area (Å²) in [5, 5.41) is 12.3.